The Bertz CT molecular complexity index is 457. The molecule has 1 aliphatic rings. The number of carbonyl (C=O) groups is 1. The van der Waals surface area contributed by atoms with Crippen LogP contribution in [0.2, 0.25) is 0 Å². The van der Waals surface area contributed by atoms with Crippen LogP contribution in [0.25, 0.3) is 0 Å². The van der Waals surface area contributed by atoms with Gasteiger partial charge in [0.25, 0.3) is 0 Å². The SMILES string of the molecule is CCOC(=O)c1ccc(NC(CC)C2CC2)c(Br)c1. The third-order valence-electron chi connectivity index (χ3n) is 3.45. The Morgan fingerprint density at radius 2 is 2.21 bits per heavy atom. The minimum absolute atomic E-state index is 0.274. The second kappa shape index (κ2) is 6.42. The number of hydrogen-bond acceptors (Lipinski definition) is 3. The Morgan fingerprint density at radius 1 is 1.47 bits per heavy atom. The average molecular weight is 326 g/mol. The first-order valence-electron chi connectivity index (χ1n) is 6.88. The van der Waals surface area contributed by atoms with Crippen molar-refractivity contribution in [3.05, 3.63) is 28.2 Å². The molecule has 1 unspecified atom stereocenters. The molecule has 0 radical (unpaired) electrons. The molecule has 0 aliphatic heterocycles. The van der Waals surface area contributed by atoms with Crippen LogP contribution >= 0.6 is 15.9 Å². The summed E-state index contributed by atoms with van der Waals surface area (Å²) in [6.07, 6.45) is 3.77. The van der Waals surface area contributed by atoms with E-state index in [9.17, 15) is 4.79 Å². The van der Waals surface area contributed by atoms with Gasteiger partial charge in [-0.1, -0.05) is 6.92 Å². The lowest BCUT2D eigenvalue weighted by atomic mass is 10.1. The monoisotopic (exact) mass is 325 g/mol. The number of benzene rings is 1. The maximum absolute atomic E-state index is 11.6. The fourth-order valence-electron chi connectivity index (χ4n) is 2.23. The van der Waals surface area contributed by atoms with E-state index in [1.807, 2.05) is 25.1 Å². The van der Waals surface area contributed by atoms with Crippen LogP contribution in [0.15, 0.2) is 22.7 Å². The summed E-state index contributed by atoms with van der Waals surface area (Å²) >= 11 is 3.52. The molecule has 1 atom stereocenters. The molecule has 0 spiro atoms. The van der Waals surface area contributed by atoms with Crippen molar-refractivity contribution in [1.29, 1.82) is 0 Å². The molecule has 3 nitrogen and oxygen atoms in total. The van der Waals surface area contributed by atoms with Crippen molar-refractivity contribution in [2.45, 2.75) is 39.2 Å². The second-order valence-electron chi connectivity index (χ2n) is 4.91. The van der Waals surface area contributed by atoms with E-state index in [2.05, 4.69) is 28.2 Å². The highest BCUT2D eigenvalue weighted by Crippen LogP contribution is 2.36. The maximum Gasteiger partial charge on any atom is 0.338 e. The van der Waals surface area contributed by atoms with Crippen LogP contribution in [0.3, 0.4) is 0 Å². The van der Waals surface area contributed by atoms with E-state index in [4.69, 9.17) is 4.74 Å². The van der Waals surface area contributed by atoms with Gasteiger partial charge in [-0.15, -0.1) is 0 Å². The quantitative estimate of drug-likeness (QED) is 0.795. The summed E-state index contributed by atoms with van der Waals surface area (Å²) in [5.74, 6) is 0.533. The number of nitrogens with one attached hydrogen (secondary N) is 1. The van der Waals surface area contributed by atoms with Crippen molar-refractivity contribution in [1.82, 2.24) is 0 Å². The van der Waals surface area contributed by atoms with E-state index in [-0.39, 0.29) is 5.97 Å². The molecule has 1 aromatic rings. The molecular weight excluding hydrogens is 306 g/mol. The molecule has 0 bridgehead atoms. The van der Waals surface area contributed by atoms with Crippen LogP contribution in [0, 0.1) is 5.92 Å². The lowest BCUT2D eigenvalue weighted by molar-refractivity contribution is 0.0526. The highest BCUT2D eigenvalue weighted by atomic mass is 79.9. The van der Waals surface area contributed by atoms with Crippen molar-refractivity contribution in [2.75, 3.05) is 11.9 Å². The lowest BCUT2D eigenvalue weighted by Gasteiger charge is -2.19. The molecule has 1 aliphatic carbocycles. The van der Waals surface area contributed by atoms with Crippen LogP contribution in [-0.2, 0) is 4.74 Å². The predicted molar refractivity (Wildman–Crippen MR) is 80.5 cm³/mol. The topological polar surface area (TPSA) is 38.3 Å². The first kappa shape index (κ1) is 14.4. The van der Waals surface area contributed by atoms with Gasteiger partial charge < -0.3 is 10.1 Å². The molecule has 0 aromatic heterocycles. The summed E-state index contributed by atoms with van der Waals surface area (Å²) < 4.78 is 5.91. The molecular formula is C15H20BrNO2. The fraction of sp³-hybridized carbons (Fsp3) is 0.533. The van der Waals surface area contributed by atoms with Gasteiger partial charge in [-0.2, -0.15) is 0 Å². The molecule has 0 amide bonds. The molecule has 19 heavy (non-hydrogen) atoms. The van der Waals surface area contributed by atoms with Gasteiger partial charge in [0, 0.05) is 16.2 Å². The highest BCUT2D eigenvalue weighted by Gasteiger charge is 2.30. The van der Waals surface area contributed by atoms with Gasteiger partial charge in [-0.3, -0.25) is 0 Å². The summed E-state index contributed by atoms with van der Waals surface area (Å²) in [5.41, 5.74) is 1.63. The largest absolute Gasteiger partial charge is 0.462 e. The third kappa shape index (κ3) is 3.72. The first-order valence-corrected chi connectivity index (χ1v) is 7.68. The van der Waals surface area contributed by atoms with Crippen molar-refractivity contribution in [2.24, 2.45) is 5.92 Å². The van der Waals surface area contributed by atoms with E-state index in [1.165, 1.54) is 12.8 Å². The number of halogens is 1. The average Bonchev–Trinajstić information content (AvgIpc) is 3.22. The van der Waals surface area contributed by atoms with Gasteiger partial charge in [0.15, 0.2) is 0 Å². The van der Waals surface area contributed by atoms with Crippen molar-refractivity contribution >= 4 is 27.6 Å². The molecule has 2 rings (SSSR count). The minimum Gasteiger partial charge on any atom is -0.462 e. The number of rotatable bonds is 6. The summed E-state index contributed by atoms with van der Waals surface area (Å²) in [4.78, 5) is 11.6. The number of hydrogen-bond donors (Lipinski definition) is 1. The van der Waals surface area contributed by atoms with Crippen LogP contribution < -0.4 is 5.32 Å². The Kier molecular flexibility index (Phi) is 4.86. The van der Waals surface area contributed by atoms with Crippen LogP contribution in [0.4, 0.5) is 5.69 Å². The van der Waals surface area contributed by atoms with Crippen molar-refractivity contribution in [3.63, 3.8) is 0 Å². The molecule has 1 aromatic carbocycles. The summed E-state index contributed by atoms with van der Waals surface area (Å²) in [6.45, 7) is 4.41. The normalized spacial score (nSPS) is 15.9. The number of esters is 1. The van der Waals surface area contributed by atoms with Gasteiger partial charge in [0.1, 0.15) is 0 Å². The number of anilines is 1. The van der Waals surface area contributed by atoms with Gasteiger partial charge in [0.2, 0.25) is 0 Å². The summed E-state index contributed by atoms with van der Waals surface area (Å²) in [6, 6.07) is 6.11. The zero-order chi connectivity index (χ0) is 13.8. The number of carbonyl (C=O) groups excluding carboxylic acids is 1. The molecule has 1 N–H and O–H groups in total. The molecule has 1 saturated carbocycles. The Hall–Kier alpha value is -1.03. The zero-order valence-electron chi connectivity index (χ0n) is 11.4. The fourth-order valence-corrected chi connectivity index (χ4v) is 2.72. The van der Waals surface area contributed by atoms with E-state index in [0.29, 0.717) is 18.2 Å². The lowest BCUT2D eigenvalue weighted by Crippen LogP contribution is -2.21. The predicted octanol–water partition coefficient (Wildman–Crippen LogP) is 4.23. The third-order valence-corrected chi connectivity index (χ3v) is 4.11. The van der Waals surface area contributed by atoms with Crippen LogP contribution in [0.5, 0.6) is 0 Å². The summed E-state index contributed by atoms with van der Waals surface area (Å²) in [5, 5.41) is 3.56. The number of ether oxygens (including phenoxy) is 1. The zero-order valence-corrected chi connectivity index (χ0v) is 13.0. The molecule has 1 fully saturated rings. The van der Waals surface area contributed by atoms with E-state index >= 15 is 0 Å². The van der Waals surface area contributed by atoms with Gasteiger partial charge >= 0.3 is 5.97 Å². The molecule has 0 heterocycles. The minimum atomic E-state index is -0.274. The van der Waals surface area contributed by atoms with Crippen LogP contribution in [-0.4, -0.2) is 18.6 Å². The van der Waals surface area contributed by atoms with Crippen molar-refractivity contribution < 1.29 is 9.53 Å². The molecule has 4 heteroatoms. The second-order valence-corrected chi connectivity index (χ2v) is 5.77. The Labute approximate surface area is 122 Å². The van der Waals surface area contributed by atoms with Crippen LogP contribution in [0.1, 0.15) is 43.5 Å². The first-order chi connectivity index (χ1) is 9.15. The van der Waals surface area contributed by atoms with Gasteiger partial charge in [-0.25, -0.2) is 4.79 Å². The van der Waals surface area contributed by atoms with Gasteiger partial charge in [-0.05, 0) is 66.2 Å². The van der Waals surface area contributed by atoms with Crippen molar-refractivity contribution in [3.8, 4) is 0 Å². The maximum atomic E-state index is 11.6. The molecule has 104 valence electrons. The van der Waals surface area contributed by atoms with E-state index < -0.39 is 0 Å². The Balaban J connectivity index is 2.07. The van der Waals surface area contributed by atoms with E-state index in [1.54, 1.807) is 0 Å². The van der Waals surface area contributed by atoms with Gasteiger partial charge in [0.05, 0.1) is 12.2 Å². The smallest absolute Gasteiger partial charge is 0.338 e. The Morgan fingerprint density at radius 3 is 2.74 bits per heavy atom. The highest BCUT2D eigenvalue weighted by molar-refractivity contribution is 9.10. The molecule has 0 saturated heterocycles. The van der Waals surface area contributed by atoms with E-state index in [0.717, 1.165) is 22.5 Å². The standard InChI is InChI=1S/C15H20BrNO2/c1-3-13(10-5-6-10)17-14-8-7-11(9-12(14)16)15(18)19-4-2/h7-10,13,17H,3-6H2,1-2H3. The summed E-state index contributed by atoms with van der Waals surface area (Å²) in [7, 11) is 0.